The van der Waals surface area contributed by atoms with E-state index in [2.05, 4.69) is 31.6 Å². The highest BCUT2D eigenvalue weighted by atomic mass is 16.2. The number of anilines is 2. The minimum atomic E-state index is 0.276. The Hall–Kier alpha value is -1.89. The number of hydrogen-bond donors (Lipinski definition) is 1. The molecule has 0 saturated carbocycles. The van der Waals surface area contributed by atoms with Gasteiger partial charge < -0.3 is 15.5 Å². The summed E-state index contributed by atoms with van der Waals surface area (Å²) >= 11 is 0. The first-order valence-corrected chi connectivity index (χ1v) is 8.91. The predicted octanol–water partition coefficient (Wildman–Crippen LogP) is 0.890. The maximum absolute atomic E-state index is 12.6. The Bertz CT molecular complexity index is 564. The maximum Gasteiger partial charge on any atom is 0.236 e. The average Bonchev–Trinajstić information content (AvgIpc) is 2.55. The van der Waals surface area contributed by atoms with E-state index in [1.54, 1.807) is 0 Å². The van der Waals surface area contributed by atoms with Gasteiger partial charge >= 0.3 is 0 Å². The van der Waals surface area contributed by atoms with Gasteiger partial charge in [-0.1, -0.05) is 0 Å². The second-order valence-corrected chi connectivity index (χ2v) is 6.92. The van der Waals surface area contributed by atoms with Crippen molar-refractivity contribution in [1.29, 1.82) is 0 Å². The fraction of sp³-hybridized carbons (Fsp3) is 0.706. The van der Waals surface area contributed by atoms with E-state index in [1.165, 1.54) is 6.42 Å². The number of rotatable bonds is 3. The number of nitrogen functional groups attached to an aromatic ring is 1. The van der Waals surface area contributed by atoms with Crippen molar-refractivity contribution in [2.24, 2.45) is 0 Å². The van der Waals surface area contributed by atoms with E-state index in [1.807, 2.05) is 13.0 Å². The van der Waals surface area contributed by atoms with Crippen LogP contribution in [0.25, 0.3) is 0 Å². The maximum atomic E-state index is 12.6. The molecule has 0 unspecified atom stereocenters. The number of nitrogens with zero attached hydrogens (tertiary/aromatic N) is 5. The lowest BCUT2D eigenvalue weighted by Crippen LogP contribution is -2.52. The summed E-state index contributed by atoms with van der Waals surface area (Å²) in [6.07, 6.45) is 3.51. The summed E-state index contributed by atoms with van der Waals surface area (Å²) in [7, 11) is 0. The monoisotopic (exact) mass is 332 g/mol. The third-order valence-corrected chi connectivity index (χ3v) is 5.04. The van der Waals surface area contributed by atoms with Crippen LogP contribution in [0.15, 0.2) is 6.07 Å². The summed E-state index contributed by atoms with van der Waals surface area (Å²) < 4.78 is 0. The standard InChI is InChI=1S/C17H28N6O/c1-13-11-15(20-17(18)19-13)22-9-7-21(8-10-22)12-16(24)23-6-4-3-5-14(23)2/h11,14H,3-10,12H2,1-2H3,(H2,18,19,20)/t14-/m1/s1. The number of likely N-dealkylation sites (tertiary alicyclic amines) is 1. The fourth-order valence-corrected chi connectivity index (χ4v) is 3.62. The minimum Gasteiger partial charge on any atom is -0.368 e. The molecule has 1 aromatic heterocycles. The lowest BCUT2D eigenvalue weighted by atomic mass is 10.0. The molecule has 0 aliphatic carbocycles. The molecule has 0 spiro atoms. The molecule has 3 rings (SSSR count). The molecule has 2 N–H and O–H groups in total. The Balaban J connectivity index is 1.52. The lowest BCUT2D eigenvalue weighted by Gasteiger charge is -2.38. The van der Waals surface area contributed by atoms with E-state index in [0.717, 1.165) is 57.1 Å². The van der Waals surface area contributed by atoms with Gasteiger partial charge in [-0.05, 0) is 33.1 Å². The molecule has 1 aromatic rings. The lowest BCUT2D eigenvalue weighted by molar-refractivity contribution is -0.135. The smallest absolute Gasteiger partial charge is 0.236 e. The quantitative estimate of drug-likeness (QED) is 0.886. The van der Waals surface area contributed by atoms with Crippen molar-refractivity contribution in [2.75, 3.05) is 49.9 Å². The number of aryl methyl sites for hydroxylation is 1. The second kappa shape index (κ2) is 7.34. The van der Waals surface area contributed by atoms with Crippen LogP contribution in [-0.2, 0) is 4.79 Å². The highest BCUT2D eigenvalue weighted by molar-refractivity contribution is 5.78. The summed E-state index contributed by atoms with van der Waals surface area (Å²) in [6, 6.07) is 2.35. The average molecular weight is 332 g/mol. The van der Waals surface area contributed by atoms with E-state index < -0.39 is 0 Å². The third kappa shape index (κ3) is 3.95. The van der Waals surface area contributed by atoms with Crippen molar-refractivity contribution in [3.63, 3.8) is 0 Å². The summed E-state index contributed by atoms with van der Waals surface area (Å²) in [4.78, 5) is 27.5. The minimum absolute atomic E-state index is 0.276. The highest BCUT2D eigenvalue weighted by Crippen LogP contribution is 2.18. The van der Waals surface area contributed by atoms with Gasteiger partial charge in [0.1, 0.15) is 5.82 Å². The Morgan fingerprint density at radius 2 is 1.96 bits per heavy atom. The molecule has 2 fully saturated rings. The number of piperazine rings is 1. The van der Waals surface area contributed by atoms with Crippen molar-refractivity contribution < 1.29 is 4.79 Å². The van der Waals surface area contributed by atoms with Crippen LogP contribution in [0.2, 0.25) is 0 Å². The number of piperidine rings is 1. The third-order valence-electron chi connectivity index (χ3n) is 5.04. The van der Waals surface area contributed by atoms with Gasteiger partial charge in [0.15, 0.2) is 0 Å². The van der Waals surface area contributed by atoms with Gasteiger partial charge in [0.2, 0.25) is 11.9 Å². The number of carbonyl (C=O) groups is 1. The first-order chi connectivity index (χ1) is 11.5. The van der Waals surface area contributed by atoms with Crippen molar-refractivity contribution in [3.8, 4) is 0 Å². The van der Waals surface area contributed by atoms with E-state index in [0.29, 0.717) is 18.5 Å². The fourth-order valence-electron chi connectivity index (χ4n) is 3.62. The van der Waals surface area contributed by atoms with Crippen molar-refractivity contribution in [3.05, 3.63) is 11.8 Å². The summed E-state index contributed by atoms with van der Waals surface area (Å²) in [5.74, 6) is 1.48. The molecule has 0 radical (unpaired) electrons. The Morgan fingerprint density at radius 3 is 2.62 bits per heavy atom. The molecule has 1 amide bonds. The van der Waals surface area contributed by atoms with Gasteiger partial charge in [0.25, 0.3) is 0 Å². The number of amides is 1. The van der Waals surface area contributed by atoms with Crippen molar-refractivity contribution in [1.82, 2.24) is 19.8 Å². The van der Waals surface area contributed by atoms with Crippen LogP contribution in [0.4, 0.5) is 11.8 Å². The van der Waals surface area contributed by atoms with E-state index in [9.17, 15) is 4.79 Å². The van der Waals surface area contributed by atoms with Crippen molar-refractivity contribution in [2.45, 2.75) is 39.2 Å². The van der Waals surface area contributed by atoms with Crippen LogP contribution < -0.4 is 10.6 Å². The molecule has 2 saturated heterocycles. The molecule has 132 valence electrons. The van der Waals surface area contributed by atoms with Gasteiger partial charge in [0, 0.05) is 50.5 Å². The highest BCUT2D eigenvalue weighted by Gasteiger charge is 2.26. The first-order valence-electron chi connectivity index (χ1n) is 8.91. The van der Waals surface area contributed by atoms with Gasteiger partial charge in [0.05, 0.1) is 6.54 Å². The normalized spacial score (nSPS) is 22.7. The number of nitrogens with two attached hydrogens (primary N) is 1. The molecule has 3 heterocycles. The molecule has 7 heteroatoms. The van der Waals surface area contributed by atoms with E-state index in [4.69, 9.17) is 5.73 Å². The van der Waals surface area contributed by atoms with Crippen LogP contribution in [0.3, 0.4) is 0 Å². The number of carbonyl (C=O) groups excluding carboxylic acids is 1. The summed E-state index contributed by atoms with van der Waals surface area (Å²) in [6.45, 7) is 9.00. The van der Waals surface area contributed by atoms with Crippen LogP contribution in [-0.4, -0.2) is 71.0 Å². The largest absolute Gasteiger partial charge is 0.368 e. The Morgan fingerprint density at radius 1 is 1.21 bits per heavy atom. The second-order valence-electron chi connectivity index (χ2n) is 6.92. The van der Waals surface area contributed by atoms with Crippen LogP contribution >= 0.6 is 0 Å². The van der Waals surface area contributed by atoms with Gasteiger partial charge in [-0.25, -0.2) is 4.98 Å². The van der Waals surface area contributed by atoms with E-state index >= 15 is 0 Å². The van der Waals surface area contributed by atoms with Crippen LogP contribution in [0.1, 0.15) is 31.9 Å². The van der Waals surface area contributed by atoms with Crippen LogP contribution in [0, 0.1) is 6.92 Å². The molecule has 2 aliphatic rings. The zero-order valence-corrected chi connectivity index (χ0v) is 14.7. The zero-order chi connectivity index (χ0) is 17.1. The molecule has 2 aliphatic heterocycles. The van der Waals surface area contributed by atoms with Gasteiger partial charge in [-0.2, -0.15) is 4.98 Å². The number of hydrogen-bond acceptors (Lipinski definition) is 6. The molecular weight excluding hydrogens is 304 g/mol. The predicted molar refractivity (Wildman–Crippen MR) is 94.9 cm³/mol. The van der Waals surface area contributed by atoms with Crippen molar-refractivity contribution >= 4 is 17.7 Å². The Kier molecular flexibility index (Phi) is 5.18. The molecule has 0 bridgehead atoms. The number of aromatic nitrogens is 2. The van der Waals surface area contributed by atoms with Crippen LogP contribution in [0.5, 0.6) is 0 Å². The molecule has 1 atom stereocenters. The summed E-state index contributed by atoms with van der Waals surface area (Å²) in [5.41, 5.74) is 6.63. The SMILES string of the molecule is Cc1cc(N2CCN(CC(=O)N3CCCC[C@H]3C)CC2)nc(N)n1. The Labute approximate surface area is 143 Å². The molecule has 7 nitrogen and oxygen atoms in total. The zero-order valence-electron chi connectivity index (χ0n) is 14.7. The van der Waals surface area contributed by atoms with E-state index in [-0.39, 0.29) is 5.91 Å². The van der Waals surface area contributed by atoms with Gasteiger partial charge in [-0.3, -0.25) is 9.69 Å². The molecule has 24 heavy (non-hydrogen) atoms. The molecular formula is C17H28N6O. The first kappa shape index (κ1) is 17.0. The van der Waals surface area contributed by atoms with Gasteiger partial charge in [-0.15, -0.1) is 0 Å². The summed E-state index contributed by atoms with van der Waals surface area (Å²) in [5, 5.41) is 0. The molecule has 0 aromatic carbocycles. The topological polar surface area (TPSA) is 78.6 Å².